The van der Waals surface area contributed by atoms with Crippen LogP contribution in [0.1, 0.15) is 35.3 Å². The van der Waals surface area contributed by atoms with Gasteiger partial charge in [-0.2, -0.15) is 5.26 Å². The van der Waals surface area contributed by atoms with E-state index in [9.17, 15) is 9.59 Å². The highest BCUT2D eigenvalue weighted by Crippen LogP contribution is 2.24. The molecule has 5 nitrogen and oxygen atoms in total. The number of thioether (sulfide) groups is 1. The molecule has 0 aromatic heterocycles. The van der Waals surface area contributed by atoms with Gasteiger partial charge in [0.1, 0.15) is 0 Å². The molecule has 0 aliphatic heterocycles. The average Bonchev–Trinajstić information content (AvgIpc) is 2.66. The molecular formula is C21H23N3O2S. The van der Waals surface area contributed by atoms with Crippen molar-refractivity contribution in [2.75, 3.05) is 12.8 Å². The summed E-state index contributed by atoms with van der Waals surface area (Å²) in [6.45, 7) is 4.27. The number of nitrogens with zero attached hydrogens (tertiary/aromatic N) is 2. The smallest absolute Gasteiger partial charge is 0.255 e. The van der Waals surface area contributed by atoms with E-state index in [2.05, 4.69) is 11.4 Å². The van der Waals surface area contributed by atoms with Gasteiger partial charge in [0.05, 0.1) is 22.9 Å². The maximum Gasteiger partial charge on any atom is 0.255 e. The van der Waals surface area contributed by atoms with Crippen molar-refractivity contribution < 1.29 is 9.59 Å². The van der Waals surface area contributed by atoms with Crippen LogP contribution in [0.5, 0.6) is 0 Å². The topological polar surface area (TPSA) is 73.2 Å². The van der Waals surface area contributed by atoms with Crippen molar-refractivity contribution in [1.29, 1.82) is 5.26 Å². The zero-order valence-corrected chi connectivity index (χ0v) is 16.5. The normalized spacial score (nSPS) is 10.3. The van der Waals surface area contributed by atoms with Gasteiger partial charge in [-0.25, -0.2) is 0 Å². The summed E-state index contributed by atoms with van der Waals surface area (Å²) in [6, 6.07) is 16.7. The third kappa shape index (κ3) is 6.15. The van der Waals surface area contributed by atoms with Gasteiger partial charge in [0, 0.05) is 24.5 Å². The van der Waals surface area contributed by atoms with Gasteiger partial charge in [0.2, 0.25) is 5.91 Å². The molecule has 0 radical (unpaired) electrons. The Morgan fingerprint density at radius 2 is 1.81 bits per heavy atom. The number of carbonyl (C=O) groups is 2. The number of amides is 2. The van der Waals surface area contributed by atoms with Crippen LogP contribution in [-0.2, 0) is 11.3 Å². The van der Waals surface area contributed by atoms with Gasteiger partial charge in [0.15, 0.2) is 0 Å². The number of nitrogens with one attached hydrogen (secondary N) is 1. The van der Waals surface area contributed by atoms with E-state index in [4.69, 9.17) is 5.26 Å². The monoisotopic (exact) mass is 381 g/mol. The van der Waals surface area contributed by atoms with Crippen molar-refractivity contribution in [2.24, 2.45) is 0 Å². The molecule has 0 atom stereocenters. The Bertz CT molecular complexity index is 841. The minimum absolute atomic E-state index is 0.0526. The molecule has 2 aromatic rings. The molecule has 140 valence electrons. The van der Waals surface area contributed by atoms with Gasteiger partial charge < -0.3 is 10.2 Å². The summed E-state index contributed by atoms with van der Waals surface area (Å²) in [4.78, 5) is 27.2. The molecule has 0 fully saturated rings. The highest BCUT2D eigenvalue weighted by atomic mass is 32.2. The second-order valence-electron chi connectivity index (χ2n) is 6.48. The molecule has 2 amide bonds. The Hall–Kier alpha value is -2.78. The summed E-state index contributed by atoms with van der Waals surface area (Å²) in [5.74, 6) is 0.108. The van der Waals surface area contributed by atoms with Gasteiger partial charge in [-0.05, 0) is 43.7 Å². The minimum atomic E-state index is -0.105. The van der Waals surface area contributed by atoms with E-state index in [1.165, 1.54) is 11.8 Å². The predicted molar refractivity (Wildman–Crippen MR) is 107 cm³/mol. The molecule has 6 heteroatoms. The van der Waals surface area contributed by atoms with Crippen LogP contribution in [0.2, 0.25) is 0 Å². The van der Waals surface area contributed by atoms with Gasteiger partial charge in [-0.3, -0.25) is 9.59 Å². The lowest BCUT2D eigenvalue weighted by Gasteiger charge is -2.19. The molecule has 2 aromatic carbocycles. The lowest BCUT2D eigenvalue weighted by Crippen LogP contribution is -2.31. The first kappa shape index (κ1) is 20.5. The van der Waals surface area contributed by atoms with E-state index >= 15 is 0 Å². The molecular weight excluding hydrogens is 358 g/mol. The zero-order chi connectivity index (χ0) is 19.8. The maximum atomic E-state index is 12.9. The molecule has 0 saturated carbocycles. The van der Waals surface area contributed by atoms with E-state index < -0.39 is 0 Å². The fourth-order valence-corrected chi connectivity index (χ4v) is 3.37. The van der Waals surface area contributed by atoms with Crippen LogP contribution in [0, 0.1) is 11.3 Å². The lowest BCUT2D eigenvalue weighted by atomic mass is 10.1. The van der Waals surface area contributed by atoms with Crippen LogP contribution in [0.3, 0.4) is 0 Å². The number of hydrogen-bond donors (Lipinski definition) is 1. The summed E-state index contributed by atoms with van der Waals surface area (Å²) in [5.41, 5.74) is 2.12. The first-order chi connectivity index (χ1) is 12.9. The molecule has 1 N–H and O–H groups in total. The second kappa shape index (κ2) is 9.79. The molecule has 0 saturated heterocycles. The summed E-state index contributed by atoms with van der Waals surface area (Å²) in [7, 11) is 1.74. The Morgan fingerprint density at radius 1 is 1.15 bits per heavy atom. The van der Waals surface area contributed by atoms with E-state index in [1.54, 1.807) is 30.1 Å². The Labute approximate surface area is 164 Å². The fraction of sp³-hybridized carbons (Fsp3) is 0.286. The molecule has 27 heavy (non-hydrogen) atoms. The Morgan fingerprint density at radius 3 is 2.44 bits per heavy atom. The Balaban J connectivity index is 2.06. The zero-order valence-electron chi connectivity index (χ0n) is 15.7. The standard InChI is InChI=1S/C21H23N3O2S/c1-15(2)23-20(25)14-27-19-7-5-4-6-18(19)21(26)24(3)13-17-10-8-16(12-22)9-11-17/h4-11,15H,13-14H2,1-3H3,(H,23,25). The number of nitriles is 1. The summed E-state index contributed by atoms with van der Waals surface area (Å²) in [5, 5.41) is 11.7. The first-order valence-electron chi connectivity index (χ1n) is 8.66. The lowest BCUT2D eigenvalue weighted by molar-refractivity contribution is -0.119. The van der Waals surface area contributed by atoms with Crippen molar-refractivity contribution in [3.63, 3.8) is 0 Å². The third-order valence-electron chi connectivity index (χ3n) is 3.78. The molecule has 0 bridgehead atoms. The highest BCUT2D eigenvalue weighted by molar-refractivity contribution is 8.00. The van der Waals surface area contributed by atoms with Crippen LogP contribution >= 0.6 is 11.8 Å². The average molecular weight is 382 g/mol. The summed E-state index contributed by atoms with van der Waals surface area (Å²) >= 11 is 1.36. The van der Waals surface area contributed by atoms with Gasteiger partial charge >= 0.3 is 0 Å². The molecule has 0 unspecified atom stereocenters. The highest BCUT2D eigenvalue weighted by Gasteiger charge is 2.17. The minimum Gasteiger partial charge on any atom is -0.353 e. The van der Waals surface area contributed by atoms with Crippen LogP contribution in [0.4, 0.5) is 0 Å². The second-order valence-corrected chi connectivity index (χ2v) is 7.49. The molecule has 0 spiro atoms. The number of carbonyl (C=O) groups excluding carboxylic acids is 2. The van der Waals surface area contributed by atoms with E-state index in [0.717, 1.165) is 10.5 Å². The summed E-state index contributed by atoms with van der Waals surface area (Å²) in [6.07, 6.45) is 0. The SMILES string of the molecule is CC(C)NC(=O)CSc1ccccc1C(=O)N(C)Cc1ccc(C#N)cc1. The molecule has 0 aliphatic carbocycles. The largest absolute Gasteiger partial charge is 0.353 e. The number of benzene rings is 2. The van der Waals surface area contributed by atoms with Gasteiger partial charge in [0.25, 0.3) is 5.91 Å². The van der Waals surface area contributed by atoms with Crippen molar-refractivity contribution >= 4 is 23.6 Å². The quantitative estimate of drug-likeness (QED) is 0.746. The van der Waals surface area contributed by atoms with Gasteiger partial charge in [-0.1, -0.05) is 24.3 Å². The predicted octanol–water partition coefficient (Wildman–Crippen LogP) is 3.45. The van der Waals surface area contributed by atoms with E-state index in [1.807, 2.05) is 44.2 Å². The van der Waals surface area contributed by atoms with Crippen LogP contribution in [0.25, 0.3) is 0 Å². The van der Waals surface area contributed by atoms with Crippen molar-refractivity contribution in [2.45, 2.75) is 31.3 Å². The molecule has 2 rings (SSSR count). The van der Waals surface area contributed by atoms with Crippen LogP contribution in [-0.4, -0.2) is 35.6 Å². The number of hydrogen-bond acceptors (Lipinski definition) is 4. The van der Waals surface area contributed by atoms with Crippen molar-refractivity contribution in [3.8, 4) is 6.07 Å². The summed E-state index contributed by atoms with van der Waals surface area (Å²) < 4.78 is 0. The first-order valence-corrected chi connectivity index (χ1v) is 9.65. The maximum absolute atomic E-state index is 12.9. The molecule has 0 aliphatic rings. The Kier molecular flexibility index (Phi) is 7.44. The molecule has 0 heterocycles. The van der Waals surface area contributed by atoms with E-state index in [0.29, 0.717) is 17.7 Å². The van der Waals surface area contributed by atoms with Crippen LogP contribution < -0.4 is 5.32 Å². The van der Waals surface area contributed by atoms with Crippen molar-refractivity contribution in [3.05, 3.63) is 65.2 Å². The fourth-order valence-electron chi connectivity index (χ4n) is 2.51. The van der Waals surface area contributed by atoms with E-state index in [-0.39, 0.29) is 23.6 Å². The number of rotatable bonds is 7. The van der Waals surface area contributed by atoms with Crippen molar-refractivity contribution in [1.82, 2.24) is 10.2 Å². The van der Waals surface area contributed by atoms with Crippen LogP contribution in [0.15, 0.2) is 53.4 Å². The van der Waals surface area contributed by atoms with Gasteiger partial charge in [-0.15, -0.1) is 11.8 Å². The third-order valence-corrected chi connectivity index (χ3v) is 4.85.